The third kappa shape index (κ3) is 2.80. The smallest absolute Gasteiger partial charge is 0.215 e. The number of hydrogen-bond donors (Lipinski definition) is 1. The number of hydrogen-bond acceptors (Lipinski definition) is 4. The van der Waals surface area contributed by atoms with E-state index in [0.717, 1.165) is 0 Å². The van der Waals surface area contributed by atoms with Crippen molar-refractivity contribution in [1.82, 2.24) is 9.55 Å². The van der Waals surface area contributed by atoms with E-state index in [0.29, 0.717) is 12.1 Å². The van der Waals surface area contributed by atoms with E-state index in [4.69, 9.17) is 21.1 Å². The number of aliphatic hydroxyl groups is 1. The summed E-state index contributed by atoms with van der Waals surface area (Å²) in [5, 5.41) is 9.48. The fourth-order valence-corrected chi connectivity index (χ4v) is 2.69. The number of halogens is 2. The average molecular weight is 313 g/mol. The average Bonchev–Trinajstić information content (AvgIpc) is 3.09. The van der Waals surface area contributed by atoms with Gasteiger partial charge in [-0.1, -0.05) is 11.6 Å². The van der Waals surface area contributed by atoms with Crippen LogP contribution in [0.4, 0.5) is 4.39 Å². The molecule has 5 nitrogen and oxygen atoms in total. The number of rotatable bonds is 4. The molecule has 1 aliphatic rings. The maximum absolute atomic E-state index is 13.3. The van der Waals surface area contributed by atoms with Crippen molar-refractivity contribution in [2.24, 2.45) is 0 Å². The van der Waals surface area contributed by atoms with E-state index < -0.39 is 17.7 Å². The van der Waals surface area contributed by atoms with Crippen molar-refractivity contribution < 1.29 is 19.0 Å². The van der Waals surface area contributed by atoms with Gasteiger partial charge in [-0.2, -0.15) is 0 Å². The van der Waals surface area contributed by atoms with Crippen LogP contribution in [0, 0.1) is 5.82 Å². The van der Waals surface area contributed by atoms with Crippen LogP contribution >= 0.6 is 11.6 Å². The van der Waals surface area contributed by atoms with Gasteiger partial charge in [-0.15, -0.1) is 0 Å². The summed E-state index contributed by atoms with van der Waals surface area (Å²) in [6.45, 7) is 0.373. The standard InChI is InChI=1S/C14H14ClFN2O3/c15-13-5-10(16)1-2-12(13)14(8-18-4-3-17-9-18)20-7-11(6-19)21-14/h1-5,9,11,19H,6-8H2. The summed E-state index contributed by atoms with van der Waals surface area (Å²) >= 11 is 6.14. The Morgan fingerprint density at radius 2 is 2.38 bits per heavy atom. The molecular formula is C14H14ClFN2O3. The Bertz CT molecular complexity index is 623. The van der Waals surface area contributed by atoms with E-state index >= 15 is 0 Å². The summed E-state index contributed by atoms with van der Waals surface area (Å²) in [5.74, 6) is -1.60. The highest BCUT2D eigenvalue weighted by Gasteiger charge is 2.44. The van der Waals surface area contributed by atoms with Crippen LogP contribution in [0.1, 0.15) is 5.56 Å². The zero-order valence-electron chi connectivity index (χ0n) is 11.1. The van der Waals surface area contributed by atoms with E-state index in [9.17, 15) is 9.50 Å². The van der Waals surface area contributed by atoms with Crippen molar-refractivity contribution >= 4 is 11.6 Å². The fraction of sp³-hybridized carbons (Fsp3) is 0.357. The third-order valence-electron chi connectivity index (χ3n) is 3.35. The second-order valence-electron chi connectivity index (χ2n) is 4.85. The molecule has 21 heavy (non-hydrogen) atoms. The van der Waals surface area contributed by atoms with Crippen molar-refractivity contribution in [2.45, 2.75) is 18.4 Å². The Morgan fingerprint density at radius 1 is 1.52 bits per heavy atom. The summed E-state index contributed by atoms with van der Waals surface area (Å²) in [4.78, 5) is 3.97. The quantitative estimate of drug-likeness (QED) is 0.937. The molecule has 7 heteroatoms. The molecule has 1 fully saturated rings. The van der Waals surface area contributed by atoms with Crippen LogP contribution in [0.2, 0.25) is 5.02 Å². The normalized spacial score (nSPS) is 25.4. The minimum atomic E-state index is -1.17. The van der Waals surface area contributed by atoms with Crippen molar-refractivity contribution in [2.75, 3.05) is 13.2 Å². The van der Waals surface area contributed by atoms with Gasteiger partial charge in [-0.25, -0.2) is 9.37 Å². The maximum Gasteiger partial charge on any atom is 0.215 e. The van der Waals surface area contributed by atoms with Crippen molar-refractivity contribution in [3.63, 3.8) is 0 Å². The minimum Gasteiger partial charge on any atom is -0.394 e. The zero-order valence-corrected chi connectivity index (χ0v) is 11.8. The van der Waals surface area contributed by atoms with Crippen LogP contribution in [0.3, 0.4) is 0 Å². The number of ether oxygens (including phenoxy) is 2. The van der Waals surface area contributed by atoms with Crippen molar-refractivity contribution in [3.8, 4) is 0 Å². The predicted molar refractivity (Wildman–Crippen MR) is 73.2 cm³/mol. The number of aliphatic hydroxyl groups excluding tert-OH is 1. The van der Waals surface area contributed by atoms with Crippen LogP contribution in [0.15, 0.2) is 36.9 Å². The Labute approximate surface area is 125 Å². The highest BCUT2D eigenvalue weighted by Crippen LogP contribution is 2.39. The minimum absolute atomic E-state index is 0.162. The van der Waals surface area contributed by atoms with Crippen molar-refractivity contribution in [3.05, 3.63) is 53.3 Å². The van der Waals surface area contributed by atoms with Gasteiger partial charge >= 0.3 is 0 Å². The molecule has 2 unspecified atom stereocenters. The molecule has 1 N–H and O–H groups in total. The van der Waals surface area contributed by atoms with Gasteiger partial charge in [0.05, 0.1) is 31.1 Å². The van der Waals surface area contributed by atoms with E-state index in [1.54, 1.807) is 23.3 Å². The Kier molecular flexibility index (Phi) is 3.95. The second-order valence-corrected chi connectivity index (χ2v) is 5.25. The molecule has 2 aromatic rings. The van der Waals surface area contributed by atoms with Gasteiger partial charge in [0.15, 0.2) is 0 Å². The molecule has 1 aromatic carbocycles. The zero-order chi connectivity index (χ0) is 14.9. The van der Waals surface area contributed by atoms with Gasteiger partial charge in [-0.3, -0.25) is 0 Å². The number of nitrogens with zero attached hydrogens (tertiary/aromatic N) is 2. The lowest BCUT2D eigenvalue weighted by Crippen LogP contribution is -2.34. The molecule has 0 amide bonds. The van der Waals surface area contributed by atoms with E-state index in [1.165, 1.54) is 18.2 Å². The summed E-state index contributed by atoms with van der Waals surface area (Å²) in [6, 6.07) is 4.05. The summed E-state index contributed by atoms with van der Waals surface area (Å²) in [6.07, 6.45) is 4.57. The molecule has 1 aliphatic heterocycles. The second kappa shape index (κ2) is 5.73. The first-order valence-corrected chi connectivity index (χ1v) is 6.85. The maximum atomic E-state index is 13.3. The molecule has 0 radical (unpaired) electrons. The summed E-state index contributed by atoms with van der Waals surface area (Å²) in [7, 11) is 0. The van der Waals surface area contributed by atoms with Gasteiger partial charge in [-0.05, 0) is 18.2 Å². The molecule has 1 aromatic heterocycles. The molecule has 0 aliphatic carbocycles. The number of benzene rings is 1. The SMILES string of the molecule is OCC1COC(Cn2ccnc2)(c2ccc(F)cc2Cl)O1. The summed E-state index contributed by atoms with van der Waals surface area (Å²) < 4.78 is 26.7. The Morgan fingerprint density at radius 3 is 3.00 bits per heavy atom. The first kappa shape index (κ1) is 14.5. The lowest BCUT2D eigenvalue weighted by molar-refractivity contribution is -0.189. The van der Waals surface area contributed by atoms with Crippen LogP contribution in [0.5, 0.6) is 0 Å². The molecule has 2 heterocycles. The van der Waals surface area contributed by atoms with E-state index in [1.807, 2.05) is 0 Å². The lowest BCUT2D eigenvalue weighted by atomic mass is 10.1. The monoisotopic (exact) mass is 312 g/mol. The Balaban J connectivity index is 1.99. The molecule has 1 saturated heterocycles. The fourth-order valence-electron chi connectivity index (χ4n) is 2.38. The number of aromatic nitrogens is 2. The molecule has 0 saturated carbocycles. The molecule has 112 valence electrons. The first-order valence-electron chi connectivity index (χ1n) is 6.47. The van der Waals surface area contributed by atoms with Crippen LogP contribution in [0.25, 0.3) is 0 Å². The van der Waals surface area contributed by atoms with E-state index in [-0.39, 0.29) is 18.2 Å². The van der Waals surface area contributed by atoms with Crippen molar-refractivity contribution in [1.29, 1.82) is 0 Å². The van der Waals surface area contributed by atoms with Crippen LogP contribution < -0.4 is 0 Å². The number of imidazole rings is 1. The van der Waals surface area contributed by atoms with Crippen LogP contribution in [-0.4, -0.2) is 34.0 Å². The predicted octanol–water partition coefficient (Wildman–Crippen LogP) is 1.94. The largest absolute Gasteiger partial charge is 0.394 e. The first-order chi connectivity index (χ1) is 10.1. The van der Waals surface area contributed by atoms with Gasteiger partial charge in [0.1, 0.15) is 11.9 Å². The van der Waals surface area contributed by atoms with Gasteiger partial charge < -0.3 is 19.1 Å². The van der Waals surface area contributed by atoms with Gasteiger partial charge in [0, 0.05) is 18.0 Å². The lowest BCUT2D eigenvalue weighted by Gasteiger charge is -2.29. The van der Waals surface area contributed by atoms with Gasteiger partial charge in [0.2, 0.25) is 5.79 Å². The molecule has 2 atom stereocenters. The third-order valence-corrected chi connectivity index (χ3v) is 3.67. The molecule has 0 spiro atoms. The van der Waals surface area contributed by atoms with Crippen LogP contribution in [-0.2, 0) is 21.8 Å². The Hall–Kier alpha value is -1.47. The highest BCUT2D eigenvalue weighted by atomic mass is 35.5. The molecular weight excluding hydrogens is 299 g/mol. The molecule has 0 bridgehead atoms. The van der Waals surface area contributed by atoms with Gasteiger partial charge in [0.25, 0.3) is 0 Å². The highest BCUT2D eigenvalue weighted by molar-refractivity contribution is 6.31. The topological polar surface area (TPSA) is 56.5 Å². The molecule has 3 rings (SSSR count). The summed E-state index contributed by atoms with van der Waals surface area (Å²) in [5.41, 5.74) is 0.523. The van der Waals surface area contributed by atoms with E-state index in [2.05, 4.69) is 4.98 Å².